The van der Waals surface area contributed by atoms with E-state index in [2.05, 4.69) is 15.5 Å². The van der Waals surface area contributed by atoms with E-state index < -0.39 is 0 Å². The van der Waals surface area contributed by atoms with Gasteiger partial charge < -0.3 is 14.6 Å². The molecule has 1 aliphatic heterocycles. The van der Waals surface area contributed by atoms with E-state index in [1.54, 1.807) is 11.3 Å². The van der Waals surface area contributed by atoms with Gasteiger partial charge in [-0.15, -0.1) is 11.3 Å². The number of thiophene rings is 1. The molecule has 25 heavy (non-hydrogen) atoms. The quantitative estimate of drug-likeness (QED) is 0.761. The second kappa shape index (κ2) is 7.06. The van der Waals surface area contributed by atoms with E-state index in [4.69, 9.17) is 9.26 Å². The Morgan fingerprint density at radius 3 is 3.08 bits per heavy atom. The molecule has 0 bridgehead atoms. The van der Waals surface area contributed by atoms with Gasteiger partial charge in [0, 0.05) is 4.88 Å². The Morgan fingerprint density at radius 2 is 2.20 bits per heavy atom. The Morgan fingerprint density at radius 1 is 1.28 bits per heavy atom. The number of fused-ring (bicyclic) bond motifs is 1. The SMILES string of the molecule is O=C(NCc1noc(Cc2cccs2)n1)C1COc2ccccc2C1. The third-order valence-electron chi connectivity index (χ3n) is 4.09. The van der Waals surface area contributed by atoms with Crippen molar-refractivity contribution in [1.82, 2.24) is 15.5 Å². The first kappa shape index (κ1) is 15.8. The molecule has 1 amide bonds. The van der Waals surface area contributed by atoms with Crippen LogP contribution in [0.15, 0.2) is 46.3 Å². The normalized spacial score (nSPS) is 16.1. The lowest BCUT2D eigenvalue weighted by atomic mass is 9.96. The minimum absolute atomic E-state index is 0.0564. The summed E-state index contributed by atoms with van der Waals surface area (Å²) < 4.78 is 10.9. The first-order valence-corrected chi connectivity index (χ1v) is 8.98. The number of carbonyl (C=O) groups excluding carboxylic acids is 1. The van der Waals surface area contributed by atoms with E-state index in [0.29, 0.717) is 31.2 Å². The maximum absolute atomic E-state index is 12.4. The molecule has 128 valence electrons. The maximum Gasteiger partial charge on any atom is 0.231 e. The maximum atomic E-state index is 12.4. The van der Waals surface area contributed by atoms with Gasteiger partial charge in [0.1, 0.15) is 12.4 Å². The number of hydrogen-bond acceptors (Lipinski definition) is 6. The summed E-state index contributed by atoms with van der Waals surface area (Å²) in [5.41, 5.74) is 1.06. The lowest BCUT2D eigenvalue weighted by Gasteiger charge is -2.24. The predicted molar refractivity (Wildman–Crippen MR) is 92.4 cm³/mol. The van der Waals surface area contributed by atoms with Gasteiger partial charge in [-0.1, -0.05) is 29.4 Å². The van der Waals surface area contributed by atoms with Crippen LogP contribution in [0, 0.1) is 5.92 Å². The van der Waals surface area contributed by atoms with Gasteiger partial charge in [0.05, 0.1) is 18.9 Å². The van der Waals surface area contributed by atoms with Crippen molar-refractivity contribution in [3.63, 3.8) is 0 Å². The van der Waals surface area contributed by atoms with E-state index >= 15 is 0 Å². The van der Waals surface area contributed by atoms with Crippen molar-refractivity contribution in [3.05, 3.63) is 63.9 Å². The molecule has 1 aliphatic rings. The summed E-state index contributed by atoms with van der Waals surface area (Å²) in [6, 6.07) is 11.8. The monoisotopic (exact) mass is 355 g/mol. The summed E-state index contributed by atoms with van der Waals surface area (Å²) in [6.45, 7) is 0.642. The Hall–Kier alpha value is -2.67. The van der Waals surface area contributed by atoms with Crippen LogP contribution in [0.2, 0.25) is 0 Å². The fourth-order valence-electron chi connectivity index (χ4n) is 2.80. The van der Waals surface area contributed by atoms with Gasteiger partial charge in [0.15, 0.2) is 5.82 Å². The molecule has 2 aromatic heterocycles. The molecule has 0 spiro atoms. The number of amides is 1. The van der Waals surface area contributed by atoms with Crippen molar-refractivity contribution in [1.29, 1.82) is 0 Å². The summed E-state index contributed by atoms with van der Waals surface area (Å²) in [5.74, 6) is 1.65. The van der Waals surface area contributed by atoms with Crippen molar-refractivity contribution in [2.24, 2.45) is 5.92 Å². The van der Waals surface area contributed by atoms with Crippen LogP contribution in [0.25, 0.3) is 0 Å². The number of ether oxygens (including phenoxy) is 1. The van der Waals surface area contributed by atoms with Gasteiger partial charge in [0.25, 0.3) is 0 Å². The Balaban J connectivity index is 1.31. The number of nitrogens with zero attached hydrogens (tertiary/aromatic N) is 2. The zero-order chi connectivity index (χ0) is 17.1. The molecule has 0 fully saturated rings. The average Bonchev–Trinajstić information content (AvgIpc) is 3.32. The van der Waals surface area contributed by atoms with Crippen LogP contribution in [0.4, 0.5) is 0 Å². The molecule has 1 aromatic carbocycles. The summed E-state index contributed by atoms with van der Waals surface area (Å²) in [5, 5.41) is 8.80. The molecule has 1 atom stereocenters. The largest absolute Gasteiger partial charge is 0.492 e. The highest BCUT2D eigenvalue weighted by molar-refractivity contribution is 7.09. The highest BCUT2D eigenvalue weighted by Gasteiger charge is 2.25. The highest BCUT2D eigenvalue weighted by Crippen LogP contribution is 2.26. The summed E-state index contributed by atoms with van der Waals surface area (Å²) >= 11 is 1.65. The summed E-state index contributed by atoms with van der Waals surface area (Å²) in [4.78, 5) is 17.9. The van der Waals surface area contributed by atoms with Crippen molar-refractivity contribution in [2.45, 2.75) is 19.4 Å². The van der Waals surface area contributed by atoms with Gasteiger partial charge in [-0.2, -0.15) is 4.98 Å². The van der Waals surface area contributed by atoms with E-state index in [0.717, 1.165) is 16.2 Å². The van der Waals surface area contributed by atoms with Crippen LogP contribution in [0.1, 0.15) is 22.2 Å². The molecule has 3 aromatic rings. The summed E-state index contributed by atoms with van der Waals surface area (Å²) in [7, 11) is 0. The molecule has 0 aliphatic carbocycles. The van der Waals surface area contributed by atoms with Crippen LogP contribution in [-0.4, -0.2) is 22.7 Å². The number of benzene rings is 1. The fraction of sp³-hybridized carbons (Fsp3) is 0.278. The van der Waals surface area contributed by atoms with Crippen molar-refractivity contribution in [3.8, 4) is 5.75 Å². The molecule has 0 radical (unpaired) electrons. The first-order valence-electron chi connectivity index (χ1n) is 8.10. The highest BCUT2D eigenvalue weighted by atomic mass is 32.1. The molecule has 4 rings (SSSR count). The Kier molecular flexibility index (Phi) is 4.47. The smallest absolute Gasteiger partial charge is 0.231 e. The standard InChI is InChI=1S/C18H17N3O3S/c22-18(13-8-12-4-1-2-6-15(12)23-11-13)19-10-16-20-17(24-21-16)9-14-5-3-7-25-14/h1-7,13H,8-11H2,(H,19,22). The predicted octanol–water partition coefficient (Wildman–Crippen LogP) is 2.59. The third-order valence-corrected chi connectivity index (χ3v) is 4.96. The minimum atomic E-state index is -0.201. The zero-order valence-electron chi connectivity index (χ0n) is 13.5. The molecule has 6 nitrogen and oxygen atoms in total. The van der Waals surface area contributed by atoms with Gasteiger partial charge in [0.2, 0.25) is 11.8 Å². The molecule has 3 heterocycles. The topological polar surface area (TPSA) is 77.3 Å². The fourth-order valence-corrected chi connectivity index (χ4v) is 3.50. The van der Waals surface area contributed by atoms with E-state index in [1.807, 2.05) is 41.8 Å². The summed E-state index contributed by atoms with van der Waals surface area (Å²) in [6.07, 6.45) is 1.30. The number of carbonyl (C=O) groups is 1. The second-order valence-corrected chi connectivity index (χ2v) is 6.93. The number of aromatic nitrogens is 2. The van der Waals surface area contributed by atoms with Gasteiger partial charge >= 0.3 is 0 Å². The molecule has 1 N–H and O–H groups in total. The number of para-hydroxylation sites is 1. The zero-order valence-corrected chi connectivity index (χ0v) is 14.3. The van der Waals surface area contributed by atoms with Crippen molar-refractivity contribution < 1.29 is 14.1 Å². The molecule has 7 heteroatoms. The van der Waals surface area contributed by atoms with Crippen LogP contribution >= 0.6 is 11.3 Å². The van der Waals surface area contributed by atoms with Crippen LogP contribution < -0.4 is 10.1 Å². The molecule has 0 saturated carbocycles. The molecular weight excluding hydrogens is 338 g/mol. The number of hydrogen-bond donors (Lipinski definition) is 1. The van der Waals surface area contributed by atoms with Gasteiger partial charge in [-0.25, -0.2) is 0 Å². The van der Waals surface area contributed by atoms with Gasteiger partial charge in [-0.3, -0.25) is 4.79 Å². The molecular formula is C18H17N3O3S. The van der Waals surface area contributed by atoms with Crippen molar-refractivity contribution >= 4 is 17.2 Å². The van der Waals surface area contributed by atoms with Crippen LogP contribution in [0.3, 0.4) is 0 Å². The molecule has 1 unspecified atom stereocenters. The molecule has 0 saturated heterocycles. The third kappa shape index (κ3) is 3.71. The lowest BCUT2D eigenvalue weighted by Crippen LogP contribution is -2.37. The Labute approximate surface area is 148 Å². The van der Waals surface area contributed by atoms with E-state index in [9.17, 15) is 4.79 Å². The lowest BCUT2D eigenvalue weighted by molar-refractivity contribution is -0.126. The minimum Gasteiger partial charge on any atom is -0.492 e. The number of rotatable bonds is 5. The van der Waals surface area contributed by atoms with Crippen LogP contribution in [-0.2, 0) is 24.2 Å². The number of nitrogens with one attached hydrogen (secondary N) is 1. The first-order chi connectivity index (χ1) is 12.3. The van der Waals surface area contributed by atoms with E-state index in [-0.39, 0.29) is 18.4 Å². The average molecular weight is 355 g/mol. The van der Waals surface area contributed by atoms with Crippen molar-refractivity contribution in [2.75, 3.05) is 6.61 Å². The Bertz CT molecular complexity index is 860. The van der Waals surface area contributed by atoms with Gasteiger partial charge in [-0.05, 0) is 29.5 Å². The van der Waals surface area contributed by atoms with E-state index in [1.165, 1.54) is 0 Å². The van der Waals surface area contributed by atoms with Crippen LogP contribution in [0.5, 0.6) is 5.75 Å². The second-order valence-electron chi connectivity index (χ2n) is 5.90.